The SMILES string of the molecule is CSCCC(NC(=O)C(CS)NC(=O)C(N)C(C)O)C(=O)NC(CCCCN)C(=O)O. The van der Waals surface area contributed by atoms with Crippen molar-refractivity contribution in [2.45, 2.75) is 62.9 Å². The van der Waals surface area contributed by atoms with E-state index in [2.05, 4.69) is 28.6 Å². The van der Waals surface area contributed by atoms with E-state index in [9.17, 15) is 29.4 Å². The van der Waals surface area contributed by atoms with Gasteiger partial charge < -0.3 is 37.6 Å². The number of aliphatic carboxylic acids is 1. The first-order valence-corrected chi connectivity index (χ1v) is 12.0. The van der Waals surface area contributed by atoms with Crippen molar-refractivity contribution in [3.05, 3.63) is 0 Å². The van der Waals surface area contributed by atoms with Gasteiger partial charge in [-0.25, -0.2) is 4.79 Å². The lowest BCUT2D eigenvalue weighted by molar-refractivity contribution is -0.142. The van der Waals surface area contributed by atoms with Gasteiger partial charge in [0.2, 0.25) is 17.7 Å². The molecule has 0 aromatic carbocycles. The molecule has 0 rings (SSSR count). The maximum absolute atomic E-state index is 12.7. The van der Waals surface area contributed by atoms with E-state index in [-0.39, 0.29) is 18.6 Å². The number of amides is 3. The maximum Gasteiger partial charge on any atom is 0.326 e. The highest BCUT2D eigenvalue weighted by Gasteiger charge is 2.30. The highest BCUT2D eigenvalue weighted by atomic mass is 32.2. The van der Waals surface area contributed by atoms with Crippen LogP contribution in [0.25, 0.3) is 0 Å². The number of aliphatic hydroxyl groups excluding tert-OH is 1. The van der Waals surface area contributed by atoms with Crippen LogP contribution >= 0.6 is 24.4 Å². The Morgan fingerprint density at radius 2 is 1.52 bits per heavy atom. The molecule has 0 fully saturated rings. The molecule has 0 aromatic heterocycles. The number of carbonyl (C=O) groups is 4. The van der Waals surface area contributed by atoms with Gasteiger partial charge in [-0.2, -0.15) is 24.4 Å². The molecular formula is C18H35N5O6S2. The van der Waals surface area contributed by atoms with Crippen LogP contribution in [0.2, 0.25) is 0 Å². The number of carbonyl (C=O) groups excluding carboxylic acids is 3. The van der Waals surface area contributed by atoms with Crippen molar-refractivity contribution >= 4 is 48.1 Å². The summed E-state index contributed by atoms with van der Waals surface area (Å²) in [5.74, 6) is -2.75. The minimum atomic E-state index is -1.23. The molecule has 0 heterocycles. The molecule has 0 bridgehead atoms. The molecule has 9 N–H and O–H groups in total. The third kappa shape index (κ3) is 11.6. The Labute approximate surface area is 192 Å². The van der Waals surface area contributed by atoms with Crippen molar-refractivity contribution in [1.82, 2.24) is 16.0 Å². The number of nitrogens with two attached hydrogens (primary N) is 2. The van der Waals surface area contributed by atoms with Crippen LogP contribution in [0.15, 0.2) is 0 Å². The summed E-state index contributed by atoms with van der Waals surface area (Å²) in [5.41, 5.74) is 11.0. The van der Waals surface area contributed by atoms with Gasteiger partial charge in [0.25, 0.3) is 0 Å². The first kappa shape index (κ1) is 29.5. The summed E-state index contributed by atoms with van der Waals surface area (Å²) in [6.07, 6.45) is 2.35. The Hall–Kier alpha value is -1.54. The molecule has 0 spiro atoms. The number of thiol groups is 1. The van der Waals surface area contributed by atoms with Gasteiger partial charge in [-0.15, -0.1) is 0 Å². The van der Waals surface area contributed by atoms with Gasteiger partial charge in [0.05, 0.1) is 6.10 Å². The Bertz CT molecular complexity index is 596. The summed E-state index contributed by atoms with van der Waals surface area (Å²) < 4.78 is 0. The van der Waals surface area contributed by atoms with Crippen LogP contribution in [0, 0.1) is 0 Å². The van der Waals surface area contributed by atoms with Gasteiger partial charge in [-0.3, -0.25) is 14.4 Å². The van der Waals surface area contributed by atoms with Crippen LogP contribution in [0.3, 0.4) is 0 Å². The lowest BCUT2D eigenvalue weighted by atomic mass is 10.1. The number of carboxylic acids is 1. The van der Waals surface area contributed by atoms with E-state index in [1.807, 2.05) is 6.26 Å². The fraction of sp³-hybridized carbons (Fsp3) is 0.778. The second-order valence-corrected chi connectivity index (χ2v) is 8.39. The molecule has 0 saturated carbocycles. The second kappa shape index (κ2) is 16.1. The molecule has 180 valence electrons. The predicted octanol–water partition coefficient (Wildman–Crippen LogP) is -1.95. The van der Waals surface area contributed by atoms with Crippen LogP contribution in [-0.2, 0) is 19.2 Å². The molecule has 13 heteroatoms. The monoisotopic (exact) mass is 481 g/mol. The molecule has 0 saturated heterocycles. The third-order valence-corrected chi connectivity index (χ3v) is 5.45. The minimum absolute atomic E-state index is 0.0716. The largest absolute Gasteiger partial charge is 0.480 e. The lowest BCUT2D eigenvalue weighted by Crippen LogP contribution is -2.58. The first-order chi connectivity index (χ1) is 14.6. The molecule has 0 radical (unpaired) electrons. The zero-order valence-corrected chi connectivity index (χ0v) is 19.6. The number of unbranched alkanes of at least 4 members (excludes halogenated alkanes) is 1. The number of aliphatic hydroxyl groups is 1. The summed E-state index contributed by atoms with van der Waals surface area (Å²) in [5, 5.41) is 26.2. The summed E-state index contributed by atoms with van der Waals surface area (Å²) in [4.78, 5) is 48.8. The normalized spacial score (nSPS) is 15.8. The van der Waals surface area contributed by atoms with E-state index < -0.39 is 54.0 Å². The molecule has 0 aliphatic rings. The van der Waals surface area contributed by atoms with Gasteiger partial charge in [-0.05, 0) is 51.2 Å². The van der Waals surface area contributed by atoms with Crippen molar-refractivity contribution in [3.63, 3.8) is 0 Å². The van der Waals surface area contributed by atoms with Crippen molar-refractivity contribution < 1.29 is 29.4 Å². The van der Waals surface area contributed by atoms with E-state index >= 15 is 0 Å². The first-order valence-electron chi connectivity index (χ1n) is 9.96. The Morgan fingerprint density at radius 1 is 0.968 bits per heavy atom. The molecule has 3 amide bonds. The van der Waals surface area contributed by atoms with E-state index in [0.717, 1.165) is 0 Å². The smallest absolute Gasteiger partial charge is 0.326 e. The second-order valence-electron chi connectivity index (χ2n) is 7.04. The van der Waals surface area contributed by atoms with Crippen LogP contribution < -0.4 is 27.4 Å². The van der Waals surface area contributed by atoms with E-state index in [1.54, 1.807) is 0 Å². The number of thioether (sulfide) groups is 1. The summed E-state index contributed by atoms with van der Waals surface area (Å²) in [6, 6.07) is -4.42. The molecule has 5 atom stereocenters. The van der Waals surface area contributed by atoms with Crippen molar-refractivity contribution in [1.29, 1.82) is 0 Å². The van der Waals surface area contributed by atoms with Gasteiger partial charge in [0.15, 0.2) is 0 Å². The van der Waals surface area contributed by atoms with Gasteiger partial charge in [0, 0.05) is 5.75 Å². The van der Waals surface area contributed by atoms with Crippen LogP contribution in [0.4, 0.5) is 0 Å². The van der Waals surface area contributed by atoms with Gasteiger partial charge in [-0.1, -0.05) is 0 Å². The standard InChI is InChI=1S/C18H35N5O6S2/c1-10(24)14(20)17(27)23-13(9-30)16(26)21-11(6-8-31-2)15(25)22-12(18(28)29)5-3-4-7-19/h10-14,24,30H,3-9,19-20H2,1-2H3,(H,21,26)(H,22,25)(H,23,27)(H,28,29). The fourth-order valence-electron chi connectivity index (χ4n) is 2.48. The van der Waals surface area contributed by atoms with Crippen molar-refractivity contribution in [3.8, 4) is 0 Å². The Balaban J connectivity index is 5.18. The Morgan fingerprint density at radius 3 is 2.00 bits per heavy atom. The van der Waals surface area contributed by atoms with Crippen LogP contribution in [0.5, 0.6) is 0 Å². The molecule has 11 nitrogen and oxygen atoms in total. The number of rotatable bonds is 16. The van der Waals surface area contributed by atoms with E-state index in [0.29, 0.717) is 25.1 Å². The molecule has 5 unspecified atom stereocenters. The number of hydrogen-bond donors (Lipinski definition) is 8. The average molecular weight is 482 g/mol. The molecular weight excluding hydrogens is 446 g/mol. The average Bonchev–Trinajstić information content (AvgIpc) is 2.72. The zero-order chi connectivity index (χ0) is 24.0. The molecule has 0 aliphatic carbocycles. The third-order valence-electron chi connectivity index (χ3n) is 4.44. The minimum Gasteiger partial charge on any atom is -0.480 e. The quantitative estimate of drug-likeness (QED) is 0.0911. The number of hydrogen-bond acceptors (Lipinski definition) is 9. The van der Waals surface area contributed by atoms with Crippen molar-refractivity contribution in [2.24, 2.45) is 11.5 Å². The molecule has 31 heavy (non-hydrogen) atoms. The van der Waals surface area contributed by atoms with Crippen LogP contribution in [-0.4, -0.2) is 88.5 Å². The summed E-state index contributed by atoms with van der Waals surface area (Å²) >= 11 is 5.51. The molecule has 0 aromatic rings. The maximum atomic E-state index is 12.7. The summed E-state index contributed by atoms with van der Waals surface area (Å²) in [6.45, 7) is 1.76. The van der Waals surface area contributed by atoms with Gasteiger partial charge >= 0.3 is 5.97 Å². The number of carboxylic acid groups (broad SMARTS) is 1. The highest BCUT2D eigenvalue weighted by Crippen LogP contribution is 2.06. The predicted molar refractivity (Wildman–Crippen MR) is 123 cm³/mol. The lowest BCUT2D eigenvalue weighted by Gasteiger charge is -2.25. The van der Waals surface area contributed by atoms with Crippen molar-refractivity contribution in [2.75, 3.05) is 24.3 Å². The Kier molecular flexibility index (Phi) is 15.3. The van der Waals surface area contributed by atoms with Gasteiger partial charge in [0.1, 0.15) is 24.2 Å². The van der Waals surface area contributed by atoms with Crippen LogP contribution in [0.1, 0.15) is 32.6 Å². The number of nitrogens with one attached hydrogen (secondary N) is 3. The fourth-order valence-corrected chi connectivity index (χ4v) is 3.21. The molecule has 0 aliphatic heterocycles. The highest BCUT2D eigenvalue weighted by molar-refractivity contribution is 7.98. The summed E-state index contributed by atoms with van der Waals surface area (Å²) in [7, 11) is 0. The van der Waals surface area contributed by atoms with E-state index in [1.165, 1.54) is 18.7 Å². The zero-order valence-electron chi connectivity index (χ0n) is 17.9. The topological polar surface area (TPSA) is 197 Å². The van der Waals surface area contributed by atoms with E-state index in [4.69, 9.17) is 11.5 Å².